The maximum Gasteiger partial charge on any atom is 0.270 e. The Morgan fingerprint density at radius 3 is 2.94 bits per heavy atom. The van der Waals surface area contributed by atoms with E-state index >= 15 is 0 Å². The zero-order valence-corrected chi connectivity index (χ0v) is 10.2. The van der Waals surface area contributed by atoms with Crippen LogP contribution in [0, 0.1) is 6.92 Å². The van der Waals surface area contributed by atoms with Crippen LogP contribution < -0.4 is 5.73 Å². The molecule has 1 aliphatic heterocycles. The van der Waals surface area contributed by atoms with Crippen molar-refractivity contribution >= 4 is 16.5 Å². The van der Waals surface area contributed by atoms with Crippen molar-refractivity contribution in [1.82, 2.24) is 15.1 Å². The van der Waals surface area contributed by atoms with Crippen LogP contribution in [0.15, 0.2) is 4.52 Å². The van der Waals surface area contributed by atoms with Gasteiger partial charge >= 0.3 is 0 Å². The van der Waals surface area contributed by atoms with Crippen molar-refractivity contribution in [2.75, 3.05) is 18.9 Å². The highest BCUT2D eigenvalue weighted by atomic mass is 32.1. The third kappa shape index (κ3) is 1.91. The topological polar surface area (TPSA) is 87.1 Å². The lowest BCUT2D eigenvalue weighted by Gasteiger charge is -1.97. The van der Waals surface area contributed by atoms with Crippen molar-refractivity contribution in [3.8, 4) is 10.8 Å². The first-order valence-corrected chi connectivity index (χ1v) is 6.20. The Labute approximate surface area is 102 Å². The summed E-state index contributed by atoms with van der Waals surface area (Å²) in [7, 11) is 0. The highest BCUT2D eigenvalue weighted by Crippen LogP contribution is 2.31. The molecule has 6 nitrogen and oxygen atoms in total. The summed E-state index contributed by atoms with van der Waals surface area (Å²) in [6.45, 7) is 3.31. The SMILES string of the molecule is Cc1nc(N)sc1-c1nc([C@@H]2CCOC2)no1. The number of nitrogens with two attached hydrogens (primary N) is 1. The summed E-state index contributed by atoms with van der Waals surface area (Å²) in [5, 5.41) is 4.51. The van der Waals surface area contributed by atoms with Crippen molar-refractivity contribution in [1.29, 1.82) is 0 Å². The Morgan fingerprint density at radius 2 is 2.29 bits per heavy atom. The fourth-order valence-electron chi connectivity index (χ4n) is 1.85. The van der Waals surface area contributed by atoms with E-state index in [2.05, 4.69) is 15.1 Å². The van der Waals surface area contributed by atoms with Gasteiger partial charge in [-0.15, -0.1) is 0 Å². The zero-order valence-electron chi connectivity index (χ0n) is 9.34. The smallest absolute Gasteiger partial charge is 0.270 e. The Hall–Kier alpha value is -1.47. The number of anilines is 1. The summed E-state index contributed by atoms with van der Waals surface area (Å²) in [5.41, 5.74) is 6.47. The number of nitrogen functional groups attached to an aromatic ring is 1. The molecular formula is C10H12N4O2S. The number of ether oxygens (including phenoxy) is 1. The lowest BCUT2D eigenvalue weighted by Crippen LogP contribution is -1.99. The first-order valence-electron chi connectivity index (χ1n) is 5.38. The second kappa shape index (κ2) is 4.08. The van der Waals surface area contributed by atoms with E-state index in [1.54, 1.807) is 0 Å². The fourth-order valence-corrected chi connectivity index (χ4v) is 2.60. The number of aryl methyl sites for hydroxylation is 1. The molecule has 1 atom stereocenters. The molecule has 0 bridgehead atoms. The lowest BCUT2D eigenvalue weighted by molar-refractivity contribution is 0.192. The van der Waals surface area contributed by atoms with Crippen molar-refractivity contribution in [3.05, 3.63) is 11.5 Å². The van der Waals surface area contributed by atoms with Gasteiger partial charge in [-0.05, 0) is 13.3 Å². The Bertz CT molecular complexity index is 530. The molecule has 2 aromatic heterocycles. The molecule has 1 aliphatic rings. The summed E-state index contributed by atoms with van der Waals surface area (Å²) in [6, 6.07) is 0. The first-order chi connectivity index (χ1) is 8.24. The number of hydrogen-bond acceptors (Lipinski definition) is 7. The maximum absolute atomic E-state index is 5.64. The van der Waals surface area contributed by atoms with Gasteiger partial charge in [-0.25, -0.2) is 4.98 Å². The van der Waals surface area contributed by atoms with Gasteiger partial charge in [0, 0.05) is 12.5 Å². The fraction of sp³-hybridized carbons (Fsp3) is 0.500. The second-order valence-electron chi connectivity index (χ2n) is 3.98. The van der Waals surface area contributed by atoms with Gasteiger partial charge in [0.05, 0.1) is 12.3 Å². The number of rotatable bonds is 2. The number of thiazole rings is 1. The summed E-state index contributed by atoms with van der Waals surface area (Å²) in [5.74, 6) is 1.46. The Kier molecular flexibility index (Phi) is 2.56. The average molecular weight is 252 g/mol. The van der Waals surface area contributed by atoms with Crippen molar-refractivity contribution in [3.63, 3.8) is 0 Å². The van der Waals surface area contributed by atoms with Crippen LogP contribution >= 0.6 is 11.3 Å². The molecule has 1 saturated heterocycles. The van der Waals surface area contributed by atoms with E-state index in [1.807, 2.05) is 6.92 Å². The van der Waals surface area contributed by atoms with Gasteiger partial charge in [0.1, 0.15) is 4.88 Å². The standard InChI is InChI=1S/C10H12N4O2S/c1-5-7(17-10(11)12-5)9-13-8(14-16-9)6-2-3-15-4-6/h6H,2-4H2,1H3,(H2,11,12)/t6-/m1/s1. The molecule has 0 unspecified atom stereocenters. The van der Waals surface area contributed by atoms with E-state index in [0.717, 1.165) is 23.6 Å². The molecule has 1 fully saturated rings. The van der Waals surface area contributed by atoms with Crippen LogP contribution in [0.1, 0.15) is 23.9 Å². The lowest BCUT2D eigenvalue weighted by atomic mass is 10.1. The minimum atomic E-state index is 0.248. The van der Waals surface area contributed by atoms with Gasteiger partial charge in [0.25, 0.3) is 5.89 Å². The number of aromatic nitrogens is 3. The Morgan fingerprint density at radius 1 is 1.41 bits per heavy atom. The van der Waals surface area contributed by atoms with Crippen LogP contribution in [0.2, 0.25) is 0 Å². The van der Waals surface area contributed by atoms with Gasteiger partial charge in [0.15, 0.2) is 11.0 Å². The molecule has 3 heterocycles. The van der Waals surface area contributed by atoms with E-state index in [1.165, 1.54) is 11.3 Å². The molecule has 0 radical (unpaired) electrons. The van der Waals surface area contributed by atoms with E-state index in [-0.39, 0.29) is 5.92 Å². The molecule has 7 heteroatoms. The third-order valence-electron chi connectivity index (χ3n) is 2.74. The van der Waals surface area contributed by atoms with E-state index in [4.69, 9.17) is 15.0 Å². The summed E-state index contributed by atoms with van der Waals surface area (Å²) in [6.07, 6.45) is 0.947. The largest absolute Gasteiger partial charge is 0.381 e. The molecule has 0 spiro atoms. The van der Waals surface area contributed by atoms with Gasteiger partial charge in [-0.2, -0.15) is 4.98 Å². The Balaban J connectivity index is 1.91. The van der Waals surface area contributed by atoms with Gasteiger partial charge in [-0.3, -0.25) is 0 Å². The average Bonchev–Trinajstić information content (AvgIpc) is 2.97. The predicted octanol–water partition coefficient (Wildman–Crippen LogP) is 1.59. The molecular weight excluding hydrogens is 240 g/mol. The predicted molar refractivity (Wildman–Crippen MR) is 62.7 cm³/mol. The zero-order chi connectivity index (χ0) is 11.8. The minimum absolute atomic E-state index is 0.248. The number of nitrogens with zero attached hydrogens (tertiary/aromatic N) is 3. The van der Waals surface area contributed by atoms with Gasteiger partial charge < -0.3 is 15.0 Å². The van der Waals surface area contributed by atoms with Gasteiger partial charge in [-0.1, -0.05) is 16.5 Å². The van der Waals surface area contributed by atoms with Crippen LogP contribution in [0.25, 0.3) is 10.8 Å². The molecule has 0 aliphatic carbocycles. The van der Waals surface area contributed by atoms with E-state index < -0.39 is 0 Å². The van der Waals surface area contributed by atoms with Crippen molar-refractivity contribution < 1.29 is 9.26 Å². The molecule has 2 aromatic rings. The molecule has 17 heavy (non-hydrogen) atoms. The summed E-state index contributed by atoms with van der Waals surface area (Å²) < 4.78 is 10.6. The van der Waals surface area contributed by atoms with Crippen LogP contribution in [0.3, 0.4) is 0 Å². The highest BCUT2D eigenvalue weighted by molar-refractivity contribution is 7.18. The number of hydrogen-bond donors (Lipinski definition) is 1. The normalized spacial score (nSPS) is 19.9. The van der Waals surface area contributed by atoms with Crippen LogP contribution in [-0.2, 0) is 4.74 Å². The molecule has 90 valence electrons. The monoisotopic (exact) mass is 252 g/mol. The maximum atomic E-state index is 5.64. The van der Waals surface area contributed by atoms with Crippen LogP contribution in [-0.4, -0.2) is 28.3 Å². The van der Waals surface area contributed by atoms with Crippen LogP contribution in [0.5, 0.6) is 0 Å². The quantitative estimate of drug-likeness (QED) is 0.873. The van der Waals surface area contributed by atoms with Gasteiger partial charge in [0.2, 0.25) is 0 Å². The molecule has 0 aromatic carbocycles. The summed E-state index contributed by atoms with van der Waals surface area (Å²) >= 11 is 1.36. The minimum Gasteiger partial charge on any atom is -0.381 e. The highest BCUT2D eigenvalue weighted by Gasteiger charge is 2.24. The van der Waals surface area contributed by atoms with Crippen molar-refractivity contribution in [2.45, 2.75) is 19.3 Å². The van der Waals surface area contributed by atoms with Crippen molar-refractivity contribution in [2.24, 2.45) is 0 Å². The summed E-state index contributed by atoms with van der Waals surface area (Å²) in [4.78, 5) is 9.38. The molecule has 0 saturated carbocycles. The molecule has 0 amide bonds. The van der Waals surface area contributed by atoms with Crippen LogP contribution in [0.4, 0.5) is 5.13 Å². The van der Waals surface area contributed by atoms with E-state index in [9.17, 15) is 0 Å². The molecule has 2 N–H and O–H groups in total. The third-order valence-corrected chi connectivity index (χ3v) is 3.72. The molecule has 3 rings (SSSR count). The second-order valence-corrected chi connectivity index (χ2v) is 5.02. The van der Waals surface area contributed by atoms with E-state index in [0.29, 0.717) is 23.5 Å². The first kappa shape index (κ1) is 10.7.